The summed E-state index contributed by atoms with van der Waals surface area (Å²) >= 11 is 4.22. The molecule has 0 saturated carbocycles. The quantitative estimate of drug-likeness (QED) is 0.253. The van der Waals surface area contributed by atoms with Gasteiger partial charge in [0.05, 0.1) is 4.99 Å². The van der Waals surface area contributed by atoms with Gasteiger partial charge in [-0.1, -0.05) is 12.2 Å². The summed E-state index contributed by atoms with van der Waals surface area (Å²) in [5, 5.41) is 1.91. The second-order valence-corrected chi connectivity index (χ2v) is 6.49. The van der Waals surface area contributed by atoms with Gasteiger partial charge < -0.3 is 5.32 Å². The van der Waals surface area contributed by atoms with E-state index in [1.807, 2.05) is 5.32 Å². The van der Waals surface area contributed by atoms with Gasteiger partial charge in [-0.25, -0.2) is 0 Å². The highest BCUT2D eigenvalue weighted by Crippen LogP contribution is 2.64. The molecule has 1 N–H and O–H groups in total. The van der Waals surface area contributed by atoms with Gasteiger partial charge in [0.25, 0.3) is 0 Å². The minimum Gasteiger partial charge on any atom is -0.380 e. The molecule has 0 aromatic rings. The van der Waals surface area contributed by atoms with Crippen molar-refractivity contribution < 1.29 is 74.6 Å². The second-order valence-electron chi connectivity index (χ2n) is 6.00. The molecule has 0 saturated heterocycles. The van der Waals surface area contributed by atoms with Crippen LogP contribution in [0.4, 0.5) is 74.6 Å². The predicted octanol–water partition coefficient (Wildman–Crippen LogP) is 6.53. The van der Waals surface area contributed by atoms with Crippen LogP contribution in [0.3, 0.4) is 0 Å². The van der Waals surface area contributed by atoms with Gasteiger partial charge in [-0.15, -0.1) is 0 Å². The average molecular weight is 534 g/mol. The van der Waals surface area contributed by atoms with Gasteiger partial charge in [-0.05, 0) is 6.92 Å². The van der Waals surface area contributed by atoms with Crippen LogP contribution >= 0.6 is 12.2 Å². The third-order valence-corrected chi connectivity index (χ3v) is 4.12. The molecule has 0 fully saturated rings. The normalized spacial score (nSPS) is 15.7. The maximum Gasteiger partial charge on any atom is 0.460 e. The summed E-state index contributed by atoms with van der Waals surface area (Å²) < 4.78 is 221. The monoisotopic (exact) mass is 534 g/mol. The van der Waals surface area contributed by atoms with E-state index in [-0.39, 0.29) is 6.54 Å². The zero-order valence-corrected chi connectivity index (χ0v) is 15.5. The Kier molecular flexibility index (Phi) is 8.14. The van der Waals surface area contributed by atoms with Crippen LogP contribution in [-0.4, -0.2) is 59.2 Å². The molecular formula is C13H9F17NS. The van der Waals surface area contributed by atoms with E-state index < -0.39 is 65.5 Å². The fraction of sp³-hybridized carbons (Fsp3) is 0.846. The van der Waals surface area contributed by atoms with E-state index in [2.05, 4.69) is 19.1 Å². The molecule has 0 amide bonds. The van der Waals surface area contributed by atoms with Crippen LogP contribution in [0.5, 0.6) is 0 Å². The Balaban J connectivity index is 6.44. The van der Waals surface area contributed by atoms with Gasteiger partial charge in [0.2, 0.25) is 0 Å². The molecule has 0 unspecified atom stereocenters. The number of nitrogens with one attached hydrogen (secondary N) is 1. The standard InChI is InChI=1S/C13H9F17NS/c1-2-31-5(32)3-4-6(14,15)7(16,17)8(18,19)9(20,21)10(22,23)11(24,25)12(26,27)13(28,29)30/h1-4H2,(H,31,32). The molecule has 0 rings (SSSR count). The van der Waals surface area contributed by atoms with Gasteiger partial charge in [0, 0.05) is 19.4 Å². The molecule has 0 aliphatic heterocycles. The van der Waals surface area contributed by atoms with Crippen LogP contribution in [0, 0.1) is 6.92 Å². The van der Waals surface area contributed by atoms with Crippen molar-refractivity contribution in [1.82, 2.24) is 5.32 Å². The van der Waals surface area contributed by atoms with Gasteiger partial charge >= 0.3 is 47.6 Å². The van der Waals surface area contributed by atoms with Crippen molar-refractivity contribution in [2.24, 2.45) is 0 Å². The predicted molar refractivity (Wildman–Crippen MR) is 75.9 cm³/mol. The number of rotatable bonds is 10. The first-order chi connectivity index (χ1) is 13.7. The highest BCUT2D eigenvalue weighted by molar-refractivity contribution is 7.80. The lowest BCUT2D eigenvalue weighted by Crippen LogP contribution is -2.74. The summed E-state index contributed by atoms with van der Waals surface area (Å²) in [7, 11) is 0. The van der Waals surface area contributed by atoms with Crippen molar-refractivity contribution in [3.05, 3.63) is 6.92 Å². The van der Waals surface area contributed by atoms with Crippen LogP contribution < -0.4 is 5.32 Å². The first kappa shape index (κ1) is 30.7. The Morgan fingerprint density at radius 1 is 0.562 bits per heavy atom. The fourth-order valence-electron chi connectivity index (χ4n) is 1.85. The molecule has 1 radical (unpaired) electrons. The molecule has 1 nitrogen and oxygen atoms in total. The lowest BCUT2D eigenvalue weighted by molar-refractivity contribution is -0.461. The van der Waals surface area contributed by atoms with Crippen molar-refractivity contribution in [1.29, 1.82) is 0 Å². The van der Waals surface area contributed by atoms with E-state index in [1.54, 1.807) is 0 Å². The molecule has 0 atom stereocenters. The number of hydrogen-bond donors (Lipinski definition) is 1. The topological polar surface area (TPSA) is 12.0 Å². The van der Waals surface area contributed by atoms with Gasteiger partial charge in [0.15, 0.2) is 0 Å². The highest BCUT2D eigenvalue weighted by Gasteiger charge is 2.95. The Morgan fingerprint density at radius 2 is 0.875 bits per heavy atom. The molecule has 0 bridgehead atoms. The summed E-state index contributed by atoms with van der Waals surface area (Å²) in [6.07, 6.45) is -11.8. The summed E-state index contributed by atoms with van der Waals surface area (Å²) in [6.45, 7) is 2.64. The van der Waals surface area contributed by atoms with E-state index >= 15 is 0 Å². The van der Waals surface area contributed by atoms with Crippen LogP contribution in [0.15, 0.2) is 0 Å². The maximum atomic E-state index is 13.5. The molecule has 191 valence electrons. The first-order valence-electron chi connectivity index (χ1n) is 7.48. The van der Waals surface area contributed by atoms with E-state index in [1.165, 1.54) is 0 Å². The molecular weight excluding hydrogens is 525 g/mol. The summed E-state index contributed by atoms with van der Waals surface area (Å²) in [4.78, 5) is -0.799. The number of alkyl halides is 17. The third-order valence-electron chi connectivity index (χ3n) is 3.78. The van der Waals surface area contributed by atoms with Crippen molar-refractivity contribution in [3.63, 3.8) is 0 Å². The summed E-state index contributed by atoms with van der Waals surface area (Å²) in [5.74, 6) is -56.2. The zero-order valence-electron chi connectivity index (χ0n) is 14.7. The van der Waals surface area contributed by atoms with Crippen LogP contribution in [0.2, 0.25) is 0 Å². The maximum absolute atomic E-state index is 13.5. The SMILES string of the molecule is [CH2]CNC(=S)CCC(F)(F)C(F)(F)C(F)(F)C(F)(F)C(F)(F)C(F)(F)C(F)(F)C(F)(F)F. The van der Waals surface area contributed by atoms with Crippen molar-refractivity contribution in [2.45, 2.75) is 60.5 Å². The smallest absolute Gasteiger partial charge is 0.380 e. The van der Waals surface area contributed by atoms with E-state index in [0.717, 1.165) is 0 Å². The number of halogens is 17. The third kappa shape index (κ3) is 4.41. The largest absolute Gasteiger partial charge is 0.460 e. The Morgan fingerprint density at radius 3 is 1.19 bits per heavy atom. The Hall–Kier alpha value is -1.30. The van der Waals surface area contributed by atoms with Crippen LogP contribution in [0.25, 0.3) is 0 Å². The van der Waals surface area contributed by atoms with E-state index in [4.69, 9.17) is 0 Å². The van der Waals surface area contributed by atoms with E-state index in [0.29, 0.717) is 0 Å². The van der Waals surface area contributed by atoms with Gasteiger partial charge in [-0.3, -0.25) is 0 Å². The molecule has 0 heterocycles. The lowest BCUT2D eigenvalue weighted by Gasteiger charge is -2.42. The average Bonchev–Trinajstić information content (AvgIpc) is 2.58. The molecule has 19 heteroatoms. The Labute approximate surface area is 172 Å². The van der Waals surface area contributed by atoms with Crippen LogP contribution in [-0.2, 0) is 0 Å². The second kappa shape index (κ2) is 8.48. The minimum absolute atomic E-state index is 0.385. The van der Waals surface area contributed by atoms with E-state index in [9.17, 15) is 74.6 Å². The lowest BCUT2D eigenvalue weighted by atomic mass is 9.88. The minimum atomic E-state index is -8.62. The van der Waals surface area contributed by atoms with Gasteiger partial charge in [0.1, 0.15) is 0 Å². The van der Waals surface area contributed by atoms with Crippen molar-refractivity contribution in [2.75, 3.05) is 6.54 Å². The highest BCUT2D eigenvalue weighted by atomic mass is 32.1. The summed E-state index contributed by atoms with van der Waals surface area (Å²) in [5.41, 5.74) is 0. The molecule has 0 spiro atoms. The Bertz CT molecular complexity index is 680. The molecule has 32 heavy (non-hydrogen) atoms. The molecule has 0 aromatic heterocycles. The fourth-order valence-corrected chi connectivity index (χ4v) is 2.06. The first-order valence-corrected chi connectivity index (χ1v) is 7.89. The van der Waals surface area contributed by atoms with Crippen molar-refractivity contribution in [3.8, 4) is 0 Å². The molecule has 0 aliphatic carbocycles. The number of thiocarbonyl (C=S) groups is 1. The summed E-state index contributed by atoms with van der Waals surface area (Å²) in [6, 6.07) is 0. The molecule has 0 aromatic carbocycles. The van der Waals surface area contributed by atoms with Crippen molar-refractivity contribution >= 4 is 17.2 Å². The zero-order chi connectivity index (χ0) is 26.4. The molecule has 0 aliphatic rings. The van der Waals surface area contributed by atoms with Crippen LogP contribution in [0.1, 0.15) is 12.8 Å². The number of hydrogen-bond acceptors (Lipinski definition) is 1. The van der Waals surface area contributed by atoms with Gasteiger partial charge in [-0.2, -0.15) is 74.6 Å².